The Balaban J connectivity index is 1.54. The van der Waals surface area contributed by atoms with Crippen LogP contribution in [0.15, 0.2) is 12.3 Å². The third-order valence-electron chi connectivity index (χ3n) is 7.67. The Morgan fingerprint density at radius 3 is 2.78 bits per heavy atom. The number of carbonyl (C=O) groups excluding carboxylic acids is 2. The Hall–Kier alpha value is -2.12. The van der Waals surface area contributed by atoms with Crippen LogP contribution in [0.5, 0.6) is 0 Å². The maximum absolute atomic E-state index is 13.8. The lowest BCUT2D eigenvalue weighted by atomic mass is 9.83. The topological polar surface area (TPSA) is 97.5 Å². The number of hydrogen-bond donors (Lipinski definition) is 4. The van der Waals surface area contributed by atoms with Gasteiger partial charge in [-0.2, -0.15) is 0 Å². The van der Waals surface area contributed by atoms with Gasteiger partial charge in [0.25, 0.3) is 0 Å². The summed E-state index contributed by atoms with van der Waals surface area (Å²) in [5.41, 5.74) is 3.60. The van der Waals surface area contributed by atoms with E-state index < -0.39 is 12.1 Å². The van der Waals surface area contributed by atoms with E-state index >= 15 is 0 Å². The number of H-pyrrole nitrogens is 1. The number of amides is 2. The van der Waals surface area contributed by atoms with Gasteiger partial charge in [-0.05, 0) is 69.5 Å². The summed E-state index contributed by atoms with van der Waals surface area (Å²) in [7, 11) is 1.75. The number of aliphatic hydroxyl groups excluding tert-OH is 1. The molecule has 0 radical (unpaired) electrons. The summed E-state index contributed by atoms with van der Waals surface area (Å²) in [6.45, 7) is 2.34. The van der Waals surface area contributed by atoms with Crippen molar-refractivity contribution < 1.29 is 14.7 Å². The van der Waals surface area contributed by atoms with Gasteiger partial charge in [0.1, 0.15) is 6.04 Å². The number of nitrogens with one attached hydrogen (secondary N) is 3. The maximum Gasteiger partial charge on any atom is 0.245 e. The zero-order valence-electron chi connectivity index (χ0n) is 19.4. The van der Waals surface area contributed by atoms with Crippen LogP contribution >= 0.6 is 0 Å². The van der Waals surface area contributed by atoms with E-state index in [0.717, 1.165) is 44.1 Å². The minimum atomic E-state index is -0.545. The Bertz CT molecular complexity index is 842. The van der Waals surface area contributed by atoms with Crippen molar-refractivity contribution >= 4 is 17.9 Å². The predicted molar refractivity (Wildman–Crippen MR) is 125 cm³/mol. The number of nitrogens with zero attached hydrogens (tertiary/aromatic N) is 1. The van der Waals surface area contributed by atoms with Crippen molar-refractivity contribution in [1.29, 1.82) is 0 Å². The number of aromatic amines is 1. The number of hydrogen-bond acceptors (Lipinski definition) is 4. The molecular weight excluding hydrogens is 404 g/mol. The number of fused-ring (bicyclic) bond motifs is 1. The number of aromatic nitrogens is 1. The Morgan fingerprint density at radius 1 is 1.25 bits per heavy atom. The van der Waals surface area contributed by atoms with E-state index in [9.17, 15) is 14.7 Å². The molecule has 4 rings (SSSR count). The molecule has 4 atom stereocenters. The summed E-state index contributed by atoms with van der Waals surface area (Å²) in [5, 5.41) is 16.8. The zero-order valence-corrected chi connectivity index (χ0v) is 19.4. The lowest BCUT2D eigenvalue weighted by molar-refractivity contribution is -0.140. The number of aryl methyl sites for hydroxylation is 1. The fourth-order valence-corrected chi connectivity index (χ4v) is 5.55. The molecule has 1 aromatic heterocycles. The first-order valence-corrected chi connectivity index (χ1v) is 12.3. The Morgan fingerprint density at radius 2 is 2.03 bits per heavy atom. The second-order valence-electron chi connectivity index (χ2n) is 9.70. The van der Waals surface area contributed by atoms with E-state index in [2.05, 4.69) is 27.8 Å². The summed E-state index contributed by atoms with van der Waals surface area (Å²) in [5.74, 6) is -0.0155. The average molecular weight is 443 g/mol. The van der Waals surface area contributed by atoms with Crippen molar-refractivity contribution in [3.8, 4) is 0 Å². The van der Waals surface area contributed by atoms with Crippen LogP contribution in [0.4, 0.5) is 0 Å². The van der Waals surface area contributed by atoms with E-state index in [1.165, 1.54) is 17.7 Å². The molecule has 1 saturated heterocycles. The fraction of sp³-hybridized carbons (Fsp3) is 0.680. The molecular formula is C25H38N4O3. The highest BCUT2D eigenvalue weighted by Gasteiger charge is 2.42. The number of aliphatic hydroxyl groups is 1. The van der Waals surface area contributed by atoms with Crippen molar-refractivity contribution in [3.63, 3.8) is 0 Å². The number of carbonyl (C=O) groups is 2. The van der Waals surface area contributed by atoms with Crippen LogP contribution in [0.1, 0.15) is 68.7 Å². The summed E-state index contributed by atoms with van der Waals surface area (Å²) in [6.07, 6.45) is 14.4. The van der Waals surface area contributed by atoms with E-state index in [1.807, 2.05) is 18.0 Å². The average Bonchev–Trinajstić information content (AvgIpc) is 3.40. The first kappa shape index (κ1) is 23.1. The standard InChI is InChI=1S/C25H38N4O3/c1-16(26-2)24(31)28-23(17-8-4-3-5-9-17)25(32)29-13-12-22(30)21(29)14-18-15-27-20-11-7-6-10-19(18)20/h6,10,15-17,21-23,26-27,30H,3-5,7-9,11-14H2,1-2H3,(H,28,31)/t16-,21+,22+,23-/m0/s1. The van der Waals surface area contributed by atoms with Gasteiger partial charge < -0.3 is 25.6 Å². The highest BCUT2D eigenvalue weighted by atomic mass is 16.3. The van der Waals surface area contributed by atoms with Crippen molar-refractivity contribution in [2.24, 2.45) is 5.92 Å². The molecule has 0 aromatic carbocycles. The van der Waals surface area contributed by atoms with Crippen molar-refractivity contribution in [2.45, 2.75) is 88.9 Å². The monoisotopic (exact) mass is 442 g/mol. The summed E-state index contributed by atoms with van der Waals surface area (Å²) in [4.78, 5) is 31.8. The molecule has 176 valence electrons. The number of allylic oxidation sites excluding steroid dienone is 1. The second-order valence-corrected chi connectivity index (χ2v) is 9.70. The molecule has 4 N–H and O–H groups in total. The van der Waals surface area contributed by atoms with Gasteiger partial charge in [0.15, 0.2) is 0 Å². The summed E-state index contributed by atoms with van der Waals surface area (Å²) in [6, 6.07) is -1.14. The first-order valence-electron chi connectivity index (χ1n) is 12.3. The minimum absolute atomic E-state index is 0.0324. The van der Waals surface area contributed by atoms with Gasteiger partial charge in [-0.1, -0.05) is 31.4 Å². The summed E-state index contributed by atoms with van der Waals surface area (Å²) < 4.78 is 0. The first-order chi connectivity index (χ1) is 15.5. The largest absolute Gasteiger partial charge is 0.391 e. The molecule has 1 aromatic rings. The third-order valence-corrected chi connectivity index (χ3v) is 7.67. The predicted octanol–water partition coefficient (Wildman–Crippen LogP) is 2.15. The lowest BCUT2D eigenvalue weighted by Crippen LogP contribution is -2.57. The Labute approximate surface area is 191 Å². The van der Waals surface area contributed by atoms with Crippen LogP contribution in [-0.2, 0) is 22.4 Å². The molecule has 0 spiro atoms. The molecule has 0 bridgehead atoms. The highest BCUT2D eigenvalue weighted by Crippen LogP contribution is 2.31. The van der Waals surface area contributed by atoms with E-state index in [1.54, 1.807) is 7.05 Å². The molecule has 1 saturated carbocycles. The van der Waals surface area contributed by atoms with E-state index in [-0.39, 0.29) is 29.8 Å². The van der Waals surface area contributed by atoms with Gasteiger partial charge in [0.05, 0.1) is 18.2 Å². The van der Waals surface area contributed by atoms with Crippen LogP contribution in [-0.4, -0.2) is 64.6 Å². The minimum Gasteiger partial charge on any atom is -0.391 e. The molecule has 0 unspecified atom stereocenters. The molecule has 2 fully saturated rings. The lowest BCUT2D eigenvalue weighted by Gasteiger charge is -2.36. The molecule has 2 heterocycles. The highest BCUT2D eigenvalue weighted by molar-refractivity contribution is 5.90. The second kappa shape index (κ2) is 10.2. The zero-order chi connectivity index (χ0) is 22.7. The molecule has 2 amide bonds. The number of likely N-dealkylation sites (N-methyl/N-ethyl adjacent to an activating group) is 1. The van der Waals surface area contributed by atoms with Gasteiger partial charge in [-0.15, -0.1) is 0 Å². The van der Waals surface area contributed by atoms with Gasteiger partial charge in [-0.25, -0.2) is 0 Å². The van der Waals surface area contributed by atoms with Crippen LogP contribution in [0.25, 0.3) is 6.08 Å². The normalized spacial score (nSPS) is 25.4. The molecule has 2 aliphatic carbocycles. The van der Waals surface area contributed by atoms with E-state index in [0.29, 0.717) is 19.4 Å². The molecule has 32 heavy (non-hydrogen) atoms. The van der Waals surface area contributed by atoms with E-state index in [4.69, 9.17) is 0 Å². The van der Waals surface area contributed by atoms with Gasteiger partial charge in [-0.3, -0.25) is 9.59 Å². The van der Waals surface area contributed by atoms with Gasteiger partial charge in [0.2, 0.25) is 11.8 Å². The Kier molecular flexibility index (Phi) is 7.36. The smallest absolute Gasteiger partial charge is 0.245 e. The molecule has 1 aliphatic heterocycles. The molecule has 3 aliphatic rings. The van der Waals surface area contributed by atoms with Crippen molar-refractivity contribution in [2.75, 3.05) is 13.6 Å². The van der Waals surface area contributed by atoms with Crippen LogP contribution in [0.2, 0.25) is 0 Å². The van der Waals surface area contributed by atoms with Crippen LogP contribution in [0, 0.1) is 5.92 Å². The summed E-state index contributed by atoms with van der Waals surface area (Å²) >= 11 is 0. The number of likely N-dealkylation sites (tertiary alicyclic amines) is 1. The molecule has 7 heteroatoms. The number of rotatable bonds is 7. The van der Waals surface area contributed by atoms with Gasteiger partial charge in [0, 0.05) is 18.4 Å². The van der Waals surface area contributed by atoms with Crippen LogP contribution < -0.4 is 10.6 Å². The van der Waals surface area contributed by atoms with Crippen molar-refractivity contribution in [1.82, 2.24) is 20.5 Å². The maximum atomic E-state index is 13.8. The quantitative estimate of drug-likeness (QED) is 0.520. The van der Waals surface area contributed by atoms with Crippen LogP contribution in [0.3, 0.4) is 0 Å². The van der Waals surface area contributed by atoms with Gasteiger partial charge >= 0.3 is 0 Å². The fourth-order valence-electron chi connectivity index (χ4n) is 5.55. The SMILES string of the molecule is CN[C@@H](C)C(=O)N[C@H](C(=O)N1CC[C@@H](O)[C@H]1Cc1c[nH]c2c1C=CCC2)C1CCCCC1. The van der Waals surface area contributed by atoms with Crippen molar-refractivity contribution in [3.05, 3.63) is 29.1 Å². The third kappa shape index (κ3) is 4.79. The molecule has 7 nitrogen and oxygen atoms in total.